The maximum Gasteiger partial charge on any atom is 0.471 e. The third-order valence-electron chi connectivity index (χ3n) is 3.75. The van der Waals surface area contributed by atoms with Crippen LogP contribution in [0.2, 0.25) is 0 Å². The lowest BCUT2D eigenvalue weighted by molar-refractivity contribution is -0.184. The van der Waals surface area contributed by atoms with Crippen LogP contribution in [0.25, 0.3) is 16.8 Å². The van der Waals surface area contributed by atoms with Gasteiger partial charge in [0.25, 0.3) is 0 Å². The first-order valence-electron chi connectivity index (χ1n) is 9.36. The first kappa shape index (κ1) is 25.5. The van der Waals surface area contributed by atoms with Crippen molar-refractivity contribution >= 4 is 53.0 Å². The number of fused-ring (bicyclic) bond motifs is 3. The maximum atomic E-state index is 11.7. The van der Waals surface area contributed by atoms with Gasteiger partial charge in [0.15, 0.2) is 11.3 Å². The Labute approximate surface area is 184 Å². The maximum absolute atomic E-state index is 11.7. The molecule has 4 rings (SSSR count). The van der Waals surface area contributed by atoms with Crippen LogP contribution < -0.4 is 0 Å². The summed E-state index contributed by atoms with van der Waals surface area (Å²) in [6.45, 7) is 8.50. The molecule has 162 valence electrons. The van der Waals surface area contributed by atoms with Crippen LogP contribution in [0, 0.1) is 0 Å². The third kappa shape index (κ3) is 6.49. The summed E-state index contributed by atoms with van der Waals surface area (Å²) in [7, 11) is 1.61. The van der Waals surface area contributed by atoms with Gasteiger partial charge in [-0.05, 0) is 18.9 Å². The first-order valence-corrected chi connectivity index (χ1v) is 12.7. The third-order valence-corrected chi connectivity index (χ3v) is 5.46. The van der Waals surface area contributed by atoms with Crippen molar-refractivity contribution < 1.29 is 18.0 Å². The van der Waals surface area contributed by atoms with Crippen molar-refractivity contribution in [1.29, 1.82) is 0 Å². The number of halogens is 4. The number of imidazole rings is 1. The van der Waals surface area contributed by atoms with Crippen LogP contribution in [0.1, 0.15) is 40.5 Å². The molecule has 0 saturated carbocycles. The minimum atomic E-state index is -4.69. The molecule has 11 heteroatoms. The molecule has 1 aliphatic rings. The molecule has 0 spiro atoms. The summed E-state index contributed by atoms with van der Waals surface area (Å²) in [5.41, 5.74) is 2.94. The average molecular weight is 543 g/mol. The predicted molar refractivity (Wildman–Crippen MR) is 120 cm³/mol. The monoisotopic (exact) mass is 543 g/mol. The highest BCUT2D eigenvalue weighted by Gasteiger charge is 2.42. The van der Waals surface area contributed by atoms with Crippen molar-refractivity contribution in [2.45, 2.75) is 46.7 Å². The van der Waals surface area contributed by atoms with Gasteiger partial charge in [0.1, 0.15) is 0 Å². The molecular formula is C18H25F3IN5OS. The van der Waals surface area contributed by atoms with E-state index in [0.29, 0.717) is 12.8 Å². The standard InChI is InChI=1S/C8H5IN4S.C6H8F3NO.2C2H6/c9-14-13-3-1-6-8(13)11-5-7-10-2-4-12(6)7;7-6(8,9)5(11)10-3-1-2-4-10;2*1-2/h1-5H;1-4H2;2*1-2H3. The molecule has 3 aromatic heterocycles. The number of hydrogen-bond acceptors (Lipinski definition) is 4. The first-order chi connectivity index (χ1) is 13.9. The van der Waals surface area contributed by atoms with E-state index in [1.54, 1.807) is 21.5 Å². The van der Waals surface area contributed by atoms with Gasteiger partial charge < -0.3 is 4.90 Å². The number of amides is 1. The SMILES string of the molecule is CC.CC.ISn1ccc2c1ncc1nccn12.O=C(N1CCCC1)C(F)(F)F. The normalized spacial score (nSPS) is 13.2. The zero-order chi connectivity index (χ0) is 22.0. The molecule has 0 atom stereocenters. The van der Waals surface area contributed by atoms with E-state index in [0.717, 1.165) is 21.7 Å². The smallest absolute Gasteiger partial charge is 0.335 e. The Morgan fingerprint density at radius 3 is 2.28 bits per heavy atom. The zero-order valence-corrected chi connectivity index (χ0v) is 19.8. The summed E-state index contributed by atoms with van der Waals surface area (Å²) in [5.74, 6) is -1.70. The molecule has 0 radical (unpaired) electrons. The Bertz CT molecular complexity index is 891. The van der Waals surface area contributed by atoms with Gasteiger partial charge >= 0.3 is 12.1 Å². The van der Waals surface area contributed by atoms with Gasteiger partial charge in [-0.1, -0.05) is 27.7 Å². The van der Waals surface area contributed by atoms with Crippen molar-refractivity contribution in [3.63, 3.8) is 0 Å². The van der Waals surface area contributed by atoms with E-state index in [9.17, 15) is 18.0 Å². The van der Waals surface area contributed by atoms with Crippen LogP contribution in [0.4, 0.5) is 13.2 Å². The fourth-order valence-corrected chi connectivity index (χ4v) is 3.86. The van der Waals surface area contributed by atoms with Gasteiger partial charge in [0, 0.05) is 62.0 Å². The highest BCUT2D eigenvalue weighted by atomic mass is 127. The molecule has 0 aromatic carbocycles. The van der Waals surface area contributed by atoms with E-state index < -0.39 is 12.1 Å². The van der Waals surface area contributed by atoms with Crippen molar-refractivity contribution in [3.8, 4) is 0 Å². The van der Waals surface area contributed by atoms with Crippen LogP contribution >= 0.6 is 30.3 Å². The second kappa shape index (κ2) is 12.3. The molecule has 3 aromatic rings. The predicted octanol–water partition coefficient (Wildman–Crippen LogP) is 5.75. The Balaban J connectivity index is 0.000000254. The van der Waals surface area contributed by atoms with Crippen LogP contribution in [-0.2, 0) is 4.79 Å². The number of aromatic nitrogens is 4. The van der Waals surface area contributed by atoms with E-state index in [1.807, 2.05) is 54.5 Å². The van der Waals surface area contributed by atoms with Crippen molar-refractivity contribution in [2.24, 2.45) is 0 Å². The number of alkyl halides is 3. The molecule has 0 unspecified atom stereocenters. The molecule has 0 aliphatic carbocycles. The largest absolute Gasteiger partial charge is 0.471 e. The fraction of sp³-hybridized carbons (Fsp3) is 0.500. The number of rotatable bonds is 1. The summed E-state index contributed by atoms with van der Waals surface area (Å²) in [6, 6.07) is 2.04. The summed E-state index contributed by atoms with van der Waals surface area (Å²) in [6.07, 6.45) is 4.19. The van der Waals surface area contributed by atoms with Gasteiger partial charge in [-0.15, -0.1) is 0 Å². The summed E-state index contributed by atoms with van der Waals surface area (Å²) >= 11 is 2.24. The van der Waals surface area contributed by atoms with Crippen LogP contribution in [-0.4, -0.2) is 48.4 Å². The highest BCUT2D eigenvalue weighted by molar-refractivity contribution is 14.2. The second-order valence-corrected chi connectivity index (χ2v) is 7.04. The molecule has 0 bridgehead atoms. The lowest BCUT2D eigenvalue weighted by atomic mass is 10.4. The van der Waals surface area contributed by atoms with Crippen molar-refractivity contribution in [1.82, 2.24) is 23.2 Å². The van der Waals surface area contributed by atoms with E-state index in [2.05, 4.69) is 31.2 Å². The van der Waals surface area contributed by atoms with Crippen LogP contribution in [0.15, 0.2) is 30.9 Å². The van der Waals surface area contributed by atoms with Gasteiger partial charge in [-0.3, -0.25) is 13.2 Å². The number of carbonyl (C=O) groups excluding carboxylic acids is 1. The summed E-state index contributed by atoms with van der Waals surface area (Å²) < 4.78 is 39.2. The van der Waals surface area contributed by atoms with Crippen LogP contribution in [0.5, 0.6) is 0 Å². The lowest BCUT2D eigenvalue weighted by Gasteiger charge is -2.16. The number of carbonyl (C=O) groups is 1. The molecule has 1 fully saturated rings. The summed E-state index contributed by atoms with van der Waals surface area (Å²) in [5, 5.41) is 0. The molecule has 0 N–H and O–H groups in total. The molecule has 1 amide bonds. The van der Waals surface area contributed by atoms with Gasteiger partial charge in [-0.2, -0.15) is 13.2 Å². The zero-order valence-electron chi connectivity index (χ0n) is 16.8. The summed E-state index contributed by atoms with van der Waals surface area (Å²) in [4.78, 5) is 19.9. The molecule has 1 saturated heterocycles. The van der Waals surface area contributed by atoms with E-state index >= 15 is 0 Å². The number of likely N-dealkylation sites (tertiary alicyclic amines) is 1. The minimum Gasteiger partial charge on any atom is -0.335 e. The van der Waals surface area contributed by atoms with E-state index in [-0.39, 0.29) is 13.1 Å². The highest BCUT2D eigenvalue weighted by Crippen LogP contribution is 2.23. The van der Waals surface area contributed by atoms with Crippen molar-refractivity contribution in [3.05, 3.63) is 30.9 Å². The van der Waals surface area contributed by atoms with Crippen LogP contribution in [0.3, 0.4) is 0 Å². The minimum absolute atomic E-state index is 0.248. The molecule has 29 heavy (non-hydrogen) atoms. The number of nitrogens with zero attached hydrogens (tertiary/aromatic N) is 5. The Hall–Kier alpha value is -1.50. The fourth-order valence-electron chi connectivity index (χ4n) is 2.60. The Kier molecular flexibility index (Phi) is 10.8. The second-order valence-electron chi connectivity index (χ2n) is 5.33. The molecular weight excluding hydrogens is 518 g/mol. The molecule has 4 heterocycles. The van der Waals surface area contributed by atoms with Gasteiger partial charge in [0.2, 0.25) is 0 Å². The lowest BCUT2D eigenvalue weighted by Crippen LogP contribution is -2.39. The quantitative estimate of drug-likeness (QED) is 0.367. The average Bonchev–Trinajstić information content (AvgIpc) is 3.49. The molecule has 1 aliphatic heterocycles. The Morgan fingerprint density at radius 2 is 1.72 bits per heavy atom. The Morgan fingerprint density at radius 1 is 1.10 bits per heavy atom. The topological polar surface area (TPSA) is 55.4 Å². The molecule has 6 nitrogen and oxygen atoms in total. The van der Waals surface area contributed by atoms with E-state index in [1.165, 1.54) is 0 Å². The van der Waals surface area contributed by atoms with E-state index in [4.69, 9.17) is 0 Å². The van der Waals surface area contributed by atoms with Gasteiger partial charge in [-0.25, -0.2) is 9.97 Å². The van der Waals surface area contributed by atoms with Crippen molar-refractivity contribution in [2.75, 3.05) is 13.1 Å². The number of hydrogen-bond donors (Lipinski definition) is 0. The van der Waals surface area contributed by atoms with Gasteiger partial charge in [0.05, 0.1) is 11.7 Å².